The Morgan fingerprint density at radius 2 is 2.00 bits per heavy atom. The van der Waals surface area contributed by atoms with E-state index in [0.717, 1.165) is 43.1 Å². The number of nitrogens with two attached hydrogens (primary N) is 2. The second-order valence-electron chi connectivity index (χ2n) is 6.45. The number of anilines is 1. The van der Waals surface area contributed by atoms with E-state index in [0.29, 0.717) is 6.54 Å². The van der Waals surface area contributed by atoms with Crippen LogP contribution in [0.1, 0.15) is 31.4 Å². The van der Waals surface area contributed by atoms with Crippen molar-refractivity contribution in [1.82, 2.24) is 9.47 Å². The minimum absolute atomic E-state index is 0.218. The van der Waals surface area contributed by atoms with E-state index in [1.165, 1.54) is 16.5 Å². The van der Waals surface area contributed by atoms with Gasteiger partial charge in [0.05, 0.1) is 5.52 Å². The third kappa shape index (κ3) is 3.37. The third-order valence-electron chi connectivity index (χ3n) is 4.47. The first kappa shape index (κ1) is 18.6. The zero-order valence-electron chi connectivity index (χ0n) is 15.7. The molecule has 0 bridgehead atoms. The van der Waals surface area contributed by atoms with Crippen molar-refractivity contribution in [2.24, 2.45) is 5.73 Å². The Morgan fingerprint density at radius 3 is 2.62 bits per heavy atom. The number of aromatic nitrogens is 1. The van der Waals surface area contributed by atoms with Gasteiger partial charge in [-0.05, 0) is 51.7 Å². The lowest BCUT2D eigenvalue weighted by Crippen LogP contribution is -2.29. The summed E-state index contributed by atoms with van der Waals surface area (Å²) in [5.74, 6) is 1.86. The van der Waals surface area contributed by atoms with Crippen molar-refractivity contribution in [1.29, 1.82) is 0 Å². The van der Waals surface area contributed by atoms with Crippen LogP contribution < -0.4 is 16.2 Å². The van der Waals surface area contributed by atoms with Gasteiger partial charge in [0.25, 0.3) is 0 Å². The first-order valence-corrected chi connectivity index (χ1v) is 8.94. The highest BCUT2D eigenvalue weighted by atomic mass is 16.5. The minimum Gasteiger partial charge on any atom is -0.488 e. The molecule has 1 aliphatic rings. The fraction of sp³-hybridized carbons (Fsp3) is 0.579. The van der Waals surface area contributed by atoms with E-state index in [-0.39, 0.29) is 6.10 Å². The molecule has 0 radical (unpaired) electrons. The topological polar surface area (TPSA) is 69.4 Å². The summed E-state index contributed by atoms with van der Waals surface area (Å²) in [5.41, 5.74) is 15.7. The van der Waals surface area contributed by atoms with Crippen LogP contribution in [0, 0.1) is 6.92 Å². The molecule has 0 amide bonds. The molecule has 4 N–H and O–H groups in total. The fourth-order valence-electron chi connectivity index (χ4n) is 3.44. The van der Waals surface area contributed by atoms with Gasteiger partial charge >= 0.3 is 0 Å². The Kier molecular flexibility index (Phi) is 6.13. The number of ether oxygens (including phenoxy) is 1. The van der Waals surface area contributed by atoms with E-state index >= 15 is 0 Å². The molecule has 0 saturated carbocycles. The van der Waals surface area contributed by atoms with Crippen molar-refractivity contribution < 1.29 is 4.74 Å². The van der Waals surface area contributed by atoms with Crippen LogP contribution in [-0.2, 0) is 13.0 Å². The molecule has 1 aromatic heterocycles. The molecule has 5 heteroatoms. The molecule has 0 saturated heterocycles. The molecule has 1 unspecified atom stereocenters. The van der Waals surface area contributed by atoms with Crippen LogP contribution in [0.4, 0.5) is 5.82 Å². The van der Waals surface area contributed by atoms with Crippen molar-refractivity contribution in [3.05, 3.63) is 23.3 Å². The standard InChI is InChI=1S/C17H26N4O.C2H6/c1-11-13-5-6-15-14(9-12(22-15)10-20(2)3)16(13)21(17(11)19)8-4-7-18;1-2/h5-6,12H,4,7-10,18-19H2,1-3H3;1-2H3. The number of fused-ring (bicyclic) bond motifs is 3. The van der Waals surface area contributed by atoms with Crippen molar-refractivity contribution in [3.63, 3.8) is 0 Å². The highest BCUT2D eigenvalue weighted by molar-refractivity contribution is 5.93. The first-order valence-electron chi connectivity index (χ1n) is 8.94. The molecule has 24 heavy (non-hydrogen) atoms. The average Bonchev–Trinajstić information content (AvgIpc) is 3.07. The number of rotatable bonds is 5. The maximum absolute atomic E-state index is 6.34. The fourth-order valence-corrected chi connectivity index (χ4v) is 3.44. The van der Waals surface area contributed by atoms with E-state index in [4.69, 9.17) is 16.2 Å². The summed E-state index contributed by atoms with van der Waals surface area (Å²) in [6, 6.07) is 4.23. The number of nitrogen functional groups attached to an aromatic ring is 1. The van der Waals surface area contributed by atoms with Gasteiger partial charge in [0.1, 0.15) is 17.7 Å². The lowest BCUT2D eigenvalue weighted by molar-refractivity contribution is 0.184. The average molecular weight is 332 g/mol. The van der Waals surface area contributed by atoms with Crippen LogP contribution in [0.15, 0.2) is 12.1 Å². The molecule has 1 aliphatic heterocycles. The Balaban J connectivity index is 0.00000100. The lowest BCUT2D eigenvalue weighted by atomic mass is 10.0. The van der Waals surface area contributed by atoms with Gasteiger partial charge in [0, 0.05) is 30.5 Å². The number of aryl methyl sites for hydroxylation is 2. The summed E-state index contributed by atoms with van der Waals surface area (Å²) in [7, 11) is 4.15. The summed E-state index contributed by atoms with van der Waals surface area (Å²) in [4.78, 5) is 2.17. The highest BCUT2D eigenvalue weighted by Crippen LogP contribution is 2.39. The molecule has 134 valence electrons. The molecule has 2 aromatic rings. The summed E-state index contributed by atoms with van der Waals surface area (Å²) in [6.07, 6.45) is 2.09. The van der Waals surface area contributed by atoms with Gasteiger partial charge in [-0.25, -0.2) is 0 Å². The predicted octanol–water partition coefficient (Wildman–Crippen LogP) is 2.77. The first-order chi connectivity index (χ1) is 11.5. The van der Waals surface area contributed by atoms with Crippen molar-refractivity contribution >= 4 is 16.7 Å². The quantitative estimate of drug-likeness (QED) is 0.883. The Hall–Kier alpha value is -1.72. The molecule has 0 spiro atoms. The predicted molar refractivity (Wildman–Crippen MR) is 103 cm³/mol. The van der Waals surface area contributed by atoms with E-state index in [9.17, 15) is 0 Å². The molecule has 1 atom stereocenters. The van der Waals surface area contributed by atoms with E-state index in [1.807, 2.05) is 13.8 Å². The van der Waals surface area contributed by atoms with E-state index in [2.05, 4.69) is 42.6 Å². The van der Waals surface area contributed by atoms with Crippen LogP contribution in [0.5, 0.6) is 5.75 Å². The van der Waals surface area contributed by atoms with Gasteiger partial charge in [-0.15, -0.1) is 0 Å². The summed E-state index contributed by atoms with van der Waals surface area (Å²) in [5, 5.41) is 1.24. The third-order valence-corrected chi connectivity index (χ3v) is 4.47. The van der Waals surface area contributed by atoms with Crippen LogP contribution in [0.3, 0.4) is 0 Å². The van der Waals surface area contributed by atoms with Gasteiger partial charge in [-0.2, -0.15) is 0 Å². The number of hydrogen-bond donors (Lipinski definition) is 2. The summed E-state index contributed by atoms with van der Waals surface area (Å²) >= 11 is 0. The normalized spacial score (nSPS) is 16.0. The molecule has 5 nitrogen and oxygen atoms in total. The monoisotopic (exact) mass is 332 g/mol. The second-order valence-corrected chi connectivity index (χ2v) is 6.45. The minimum atomic E-state index is 0.218. The van der Waals surface area contributed by atoms with Crippen molar-refractivity contribution in [2.45, 2.75) is 46.3 Å². The van der Waals surface area contributed by atoms with Gasteiger partial charge in [-0.3, -0.25) is 0 Å². The maximum atomic E-state index is 6.34. The van der Waals surface area contributed by atoms with Gasteiger partial charge < -0.3 is 25.7 Å². The number of likely N-dealkylation sites (N-methyl/N-ethyl adjacent to an activating group) is 1. The summed E-state index contributed by atoms with van der Waals surface area (Å²) in [6.45, 7) is 8.55. The Labute approximate surface area is 145 Å². The molecule has 0 fully saturated rings. The molecular weight excluding hydrogens is 300 g/mol. The van der Waals surface area contributed by atoms with Crippen molar-refractivity contribution in [2.75, 3.05) is 32.9 Å². The van der Waals surface area contributed by atoms with Gasteiger partial charge in [0.2, 0.25) is 0 Å². The van der Waals surface area contributed by atoms with Gasteiger partial charge in [0.15, 0.2) is 0 Å². The smallest absolute Gasteiger partial charge is 0.125 e. The Morgan fingerprint density at radius 1 is 1.29 bits per heavy atom. The SMILES string of the molecule is CC.Cc1c(N)n(CCCN)c2c3c(ccc12)OC(CN(C)C)C3. The number of benzene rings is 1. The highest BCUT2D eigenvalue weighted by Gasteiger charge is 2.28. The van der Waals surface area contributed by atoms with E-state index < -0.39 is 0 Å². The Bertz CT molecular complexity index is 690. The largest absolute Gasteiger partial charge is 0.488 e. The summed E-state index contributed by atoms with van der Waals surface area (Å²) < 4.78 is 8.33. The van der Waals surface area contributed by atoms with E-state index in [1.54, 1.807) is 0 Å². The van der Waals surface area contributed by atoms with Crippen LogP contribution in [0.2, 0.25) is 0 Å². The van der Waals surface area contributed by atoms with Gasteiger partial charge in [-0.1, -0.05) is 13.8 Å². The number of nitrogens with zero attached hydrogens (tertiary/aromatic N) is 2. The zero-order chi connectivity index (χ0) is 17.9. The maximum Gasteiger partial charge on any atom is 0.125 e. The van der Waals surface area contributed by atoms with Crippen LogP contribution in [0.25, 0.3) is 10.9 Å². The zero-order valence-corrected chi connectivity index (χ0v) is 15.7. The van der Waals surface area contributed by atoms with Crippen LogP contribution >= 0.6 is 0 Å². The molecule has 3 rings (SSSR count). The lowest BCUT2D eigenvalue weighted by Gasteiger charge is -2.15. The van der Waals surface area contributed by atoms with Crippen LogP contribution in [-0.4, -0.2) is 42.8 Å². The second kappa shape index (κ2) is 7.90. The van der Waals surface area contributed by atoms with Crippen molar-refractivity contribution in [3.8, 4) is 5.75 Å². The molecule has 1 aromatic carbocycles. The number of hydrogen-bond acceptors (Lipinski definition) is 4. The molecular formula is C19H32N4O. The molecule has 2 heterocycles. The molecule has 0 aliphatic carbocycles.